The number of hydrogen-bond acceptors (Lipinski definition) is 4. The summed E-state index contributed by atoms with van der Waals surface area (Å²) in [4.78, 5) is 53.7. The molecule has 11 heteroatoms. The lowest BCUT2D eigenvalue weighted by Crippen LogP contribution is -2.47. The van der Waals surface area contributed by atoms with Crippen LogP contribution in [0.4, 0.5) is 5.69 Å². The monoisotopic (exact) mass is 651 g/mol. The summed E-state index contributed by atoms with van der Waals surface area (Å²) in [6.07, 6.45) is -0.310. The summed E-state index contributed by atoms with van der Waals surface area (Å²) in [6.45, 7) is -0.160. The molecule has 190 valence electrons. The lowest BCUT2D eigenvalue weighted by Gasteiger charge is -2.35. The van der Waals surface area contributed by atoms with Gasteiger partial charge < -0.3 is 20.6 Å². The van der Waals surface area contributed by atoms with Crippen molar-refractivity contribution in [3.8, 4) is 0 Å². The maximum atomic E-state index is 14.2. The number of halogens is 3. The molecule has 1 aliphatic heterocycles. The van der Waals surface area contributed by atoms with Crippen LogP contribution in [-0.4, -0.2) is 40.2 Å². The molecule has 3 amide bonds. The minimum absolute atomic E-state index is 0.160. The van der Waals surface area contributed by atoms with E-state index in [0.717, 1.165) is 3.57 Å². The number of nitrogens with zero attached hydrogens (tertiary/aromatic N) is 1. The molecule has 3 N–H and O–H groups in total. The maximum absolute atomic E-state index is 14.2. The third-order valence-electron chi connectivity index (χ3n) is 5.77. The molecule has 4 rings (SSSR count). The Hall–Kier alpha value is -3.15. The Balaban J connectivity index is 1.91. The van der Waals surface area contributed by atoms with Crippen molar-refractivity contribution in [1.82, 2.24) is 10.2 Å². The number of fused-ring (bicyclic) bond motifs is 1. The van der Waals surface area contributed by atoms with E-state index < -0.39 is 35.8 Å². The van der Waals surface area contributed by atoms with Crippen molar-refractivity contribution in [2.45, 2.75) is 18.5 Å². The number of carbonyl (C=O) groups is 4. The van der Waals surface area contributed by atoms with E-state index in [1.807, 2.05) is 0 Å². The Morgan fingerprint density at radius 2 is 1.62 bits per heavy atom. The second kappa shape index (κ2) is 11.5. The van der Waals surface area contributed by atoms with Gasteiger partial charge in [0.2, 0.25) is 5.91 Å². The highest BCUT2D eigenvalue weighted by Gasteiger charge is 2.43. The van der Waals surface area contributed by atoms with Crippen LogP contribution in [0.2, 0.25) is 10.0 Å². The van der Waals surface area contributed by atoms with Gasteiger partial charge in [-0.05, 0) is 76.2 Å². The van der Waals surface area contributed by atoms with Crippen molar-refractivity contribution in [2.75, 3.05) is 11.9 Å². The molecule has 0 saturated carbocycles. The second-order valence-electron chi connectivity index (χ2n) is 8.23. The van der Waals surface area contributed by atoms with Crippen LogP contribution in [0.5, 0.6) is 0 Å². The highest BCUT2D eigenvalue weighted by Crippen LogP contribution is 2.38. The lowest BCUT2D eigenvalue weighted by molar-refractivity contribution is -0.137. The zero-order chi connectivity index (χ0) is 26.7. The first-order chi connectivity index (χ1) is 17.7. The van der Waals surface area contributed by atoms with E-state index in [-0.39, 0.29) is 18.5 Å². The Labute approximate surface area is 236 Å². The lowest BCUT2D eigenvalue weighted by atomic mass is 9.97. The Kier molecular flexibility index (Phi) is 8.35. The molecule has 0 saturated heterocycles. The number of aliphatic carboxylic acids is 1. The standard InChI is InChI=1S/C26H20Cl2IN3O5/c27-16-5-1-14(2-6-16)22(24(35)30-12-11-21(33)34)32-23(15-3-7-17(28)8-4-15)25(36)31-20-10-9-18(29)13-19(20)26(32)37/h1-10,13,22-23H,11-12H2,(H,30,35)(H,31,36)(H,33,34)/t22-,23-/m0/s1. The number of carboxylic acid groups (broad SMARTS) is 1. The number of amides is 3. The van der Waals surface area contributed by atoms with Gasteiger partial charge in [0.1, 0.15) is 12.1 Å². The predicted octanol–water partition coefficient (Wildman–Crippen LogP) is 5.07. The summed E-state index contributed by atoms with van der Waals surface area (Å²) in [6, 6.07) is 15.3. The minimum Gasteiger partial charge on any atom is -0.481 e. The van der Waals surface area contributed by atoms with Crippen LogP contribution in [0.3, 0.4) is 0 Å². The van der Waals surface area contributed by atoms with E-state index in [9.17, 15) is 19.2 Å². The Morgan fingerprint density at radius 3 is 2.24 bits per heavy atom. The van der Waals surface area contributed by atoms with Gasteiger partial charge in [-0.25, -0.2) is 0 Å². The molecule has 3 aromatic rings. The van der Waals surface area contributed by atoms with Gasteiger partial charge in [0.05, 0.1) is 17.7 Å². The highest BCUT2D eigenvalue weighted by atomic mass is 127. The van der Waals surface area contributed by atoms with Crippen LogP contribution < -0.4 is 10.6 Å². The molecular weight excluding hydrogens is 632 g/mol. The molecule has 2 atom stereocenters. The smallest absolute Gasteiger partial charge is 0.305 e. The van der Waals surface area contributed by atoms with Crippen LogP contribution in [0.15, 0.2) is 66.7 Å². The summed E-state index contributed by atoms with van der Waals surface area (Å²) < 4.78 is 0.762. The Morgan fingerprint density at radius 1 is 1.00 bits per heavy atom. The van der Waals surface area contributed by atoms with Crippen molar-refractivity contribution >= 4 is 75.2 Å². The van der Waals surface area contributed by atoms with Gasteiger partial charge in [-0.2, -0.15) is 0 Å². The van der Waals surface area contributed by atoms with Gasteiger partial charge in [0.15, 0.2) is 0 Å². The molecule has 0 radical (unpaired) electrons. The molecular formula is C26H20Cl2IN3O5. The van der Waals surface area contributed by atoms with E-state index in [1.54, 1.807) is 66.7 Å². The van der Waals surface area contributed by atoms with Crippen molar-refractivity contribution in [2.24, 2.45) is 0 Å². The number of carboxylic acids is 1. The average molecular weight is 652 g/mol. The summed E-state index contributed by atoms with van der Waals surface area (Å²) in [5, 5.41) is 15.3. The van der Waals surface area contributed by atoms with Gasteiger partial charge >= 0.3 is 5.97 Å². The maximum Gasteiger partial charge on any atom is 0.305 e. The summed E-state index contributed by atoms with van der Waals surface area (Å²) in [7, 11) is 0. The van der Waals surface area contributed by atoms with E-state index in [4.69, 9.17) is 28.3 Å². The van der Waals surface area contributed by atoms with Crippen LogP contribution in [0, 0.1) is 3.57 Å². The van der Waals surface area contributed by atoms with Crippen LogP contribution in [-0.2, 0) is 14.4 Å². The third-order valence-corrected chi connectivity index (χ3v) is 6.94. The van der Waals surface area contributed by atoms with E-state index in [1.165, 1.54) is 4.90 Å². The molecule has 0 spiro atoms. The molecule has 3 aromatic carbocycles. The van der Waals surface area contributed by atoms with Gasteiger partial charge in [0.25, 0.3) is 11.8 Å². The van der Waals surface area contributed by atoms with Crippen LogP contribution in [0.1, 0.15) is 40.0 Å². The minimum atomic E-state index is -1.28. The summed E-state index contributed by atoms with van der Waals surface area (Å²) >= 11 is 14.2. The number of benzene rings is 3. The molecule has 0 unspecified atom stereocenters. The molecule has 37 heavy (non-hydrogen) atoms. The number of anilines is 1. The largest absolute Gasteiger partial charge is 0.481 e. The topological polar surface area (TPSA) is 116 Å². The number of carbonyl (C=O) groups excluding carboxylic acids is 3. The first-order valence-electron chi connectivity index (χ1n) is 11.1. The number of rotatable bonds is 7. The molecule has 0 aliphatic carbocycles. The highest BCUT2D eigenvalue weighted by molar-refractivity contribution is 14.1. The van der Waals surface area contributed by atoms with Crippen molar-refractivity contribution < 1.29 is 24.3 Å². The fraction of sp³-hybridized carbons (Fsp3) is 0.154. The number of hydrogen-bond donors (Lipinski definition) is 3. The molecule has 0 aromatic heterocycles. The van der Waals surface area contributed by atoms with Gasteiger partial charge in [-0.1, -0.05) is 47.5 Å². The fourth-order valence-corrected chi connectivity index (χ4v) is 4.83. The zero-order valence-corrected chi connectivity index (χ0v) is 22.8. The van der Waals surface area contributed by atoms with Gasteiger partial charge in [-0.15, -0.1) is 0 Å². The van der Waals surface area contributed by atoms with Crippen LogP contribution in [0.25, 0.3) is 0 Å². The molecule has 1 aliphatic rings. The van der Waals surface area contributed by atoms with Crippen LogP contribution >= 0.6 is 45.8 Å². The molecule has 8 nitrogen and oxygen atoms in total. The average Bonchev–Trinajstić information content (AvgIpc) is 2.95. The Bertz CT molecular complexity index is 1370. The van der Waals surface area contributed by atoms with Crippen molar-refractivity contribution in [1.29, 1.82) is 0 Å². The van der Waals surface area contributed by atoms with Crippen molar-refractivity contribution in [3.05, 3.63) is 97.0 Å². The molecule has 0 fully saturated rings. The van der Waals surface area contributed by atoms with Gasteiger partial charge in [0, 0.05) is 20.2 Å². The normalized spacial score (nSPS) is 15.9. The second-order valence-corrected chi connectivity index (χ2v) is 10.4. The predicted molar refractivity (Wildman–Crippen MR) is 148 cm³/mol. The van der Waals surface area contributed by atoms with E-state index >= 15 is 0 Å². The first kappa shape index (κ1) is 26.9. The zero-order valence-electron chi connectivity index (χ0n) is 19.1. The summed E-state index contributed by atoms with van der Waals surface area (Å²) in [5.41, 5.74) is 1.37. The fourth-order valence-electron chi connectivity index (χ4n) is 4.08. The SMILES string of the molecule is O=C(O)CCNC(=O)[C@H](c1ccc(Cl)cc1)N1C(=O)c2cc(I)ccc2NC(=O)[C@@H]1c1ccc(Cl)cc1. The van der Waals surface area contributed by atoms with E-state index in [0.29, 0.717) is 26.9 Å². The number of nitrogens with one attached hydrogen (secondary N) is 2. The molecule has 1 heterocycles. The third kappa shape index (κ3) is 6.06. The van der Waals surface area contributed by atoms with Gasteiger partial charge in [-0.3, -0.25) is 19.2 Å². The van der Waals surface area contributed by atoms with Crippen molar-refractivity contribution in [3.63, 3.8) is 0 Å². The summed E-state index contributed by atoms with van der Waals surface area (Å²) in [5.74, 6) is -2.80. The molecule has 0 bridgehead atoms. The van der Waals surface area contributed by atoms with E-state index in [2.05, 4.69) is 33.2 Å². The quantitative estimate of drug-likeness (QED) is 0.309. The first-order valence-corrected chi connectivity index (χ1v) is 12.9.